The van der Waals surface area contributed by atoms with Crippen molar-refractivity contribution in [2.45, 2.75) is 25.9 Å². The van der Waals surface area contributed by atoms with Gasteiger partial charge in [0, 0.05) is 42.8 Å². The summed E-state index contributed by atoms with van der Waals surface area (Å²) in [4.78, 5) is 5.69. The maximum absolute atomic E-state index is 5.96. The summed E-state index contributed by atoms with van der Waals surface area (Å²) in [7, 11) is 0. The Morgan fingerprint density at radius 1 is 1.71 bits per heavy atom. The van der Waals surface area contributed by atoms with Crippen LogP contribution in [0.15, 0.2) is 17.8 Å². The van der Waals surface area contributed by atoms with Gasteiger partial charge < -0.3 is 10.5 Å². The molecule has 4 nitrogen and oxygen atoms in total. The second-order valence-electron chi connectivity index (χ2n) is 4.83. The zero-order valence-corrected chi connectivity index (χ0v) is 10.7. The van der Waals surface area contributed by atoms with Gasteiger partial charge in [-0.1, -0.05) is 0 Å². The van der Waals surface area contributed by atoms with E-state index in [9.17, 15) is 0 Å². The third-order valence-electron chi connectivity index (χ3n) is 3.91. The molecule has 1 aliphatic heterocycles. The minimum atomic E-state index is 0.0734. The summed E-state index contributed by atoms with van der Waals surface area (Å²) >= 11 is 1.66. The highest BCUT2D eigenvalue weighted by atomic mass is 32.1. The van der Waals surface area contributed by atoms with Crippen molar-refractivity contribution in [1.82, 2.24) is 9.38 Å². The molecule has 2 aromatic rings. The molecule has 0 radical (unpaired) electrons. The molecule has 2 aromatic heterocycles. The first kappa shape index (κ1) is 11.2. The van der Waals surface area contributed by atoms with Gasteiger partial charge in [0.2, 0.25) is 0 Å². The Labute approximate surface area is 104 Å². The molecule has 0 bridgehead atoms. The van der Waals surface area contributed by atoms with Crippen LogP contribution in [0.1, 0.15) is 19.0 Å². The molecule has 0 saturated carbocycles. The predicted molar refractivity (Wildman–Crippen MR) is 68.3 cm³/mol. The number of nitrogens with zero attached hydrogens (tertiary/aromatic N) is 2. The van der Waals surface area contributed by atoms with Crippen molar-refractivity contribution in [2.75, 3.05) is 13.2 Å². The van der Waals surface area contributed by atoms with Crippen LogP contribution in [0.25, 0.3) is 4.96 Å². The zero-order chi connectivity index (χ0) is 11.9. The van der Waals surface area contributed by atoms with Crippen LogP contribution in [0.3, 0.4) is 0 Å². The lowest BCUT2D eigenvalue weighted by atomic mass is 9.78. The highest BCUT2D eigenvalue weighted by Crippen LogP contribution is 2.37. The van der Waals surface area contributed by atoms with Crippen molar-refractivity contribution in [3.05, 3.63) is 23.5 Å². The number of hydrogen-bond donors (Lipinski definition) is 1. The van der Waals surface area contributed by atoms with Crippen LogP contribution in [-0.4, -0.2) is 28.6 Å². The standard InChI is InChI=1S/C12H17N3OS/c1-9-12(8-13,2-4-16-9)6-10-7-15-3-5-17-11(15)14-10/h3,5,7,9H,2,4,6,8,13H2,1H3. The molecular formula is C12H17N3OS. The molecule has 3 rings (SSSR count). The number of imidazole rings is 1. The number of ether oxygens (including phenoxy) is 1. The van der Waals surface area contributed by atoms with Crippen LogP contribution >= 0.6 is 11.3 Å². The fourth-order valence-electron chi connectivity index (χ4n) is 2.61. The van der Waals surface area contributed by atoms with Crippen molar-refractivity contribution in [3.8, 4) is 0 Å². The SMILES string of the molecule is CC1OCCC1(CN)Cc1cn2ccsc2n1. The summed E-state index contributed by atoms with van der Waals surface area (Å²) in [5, 5.41) is 2.05. The third kappa shape index (κ3) is 1.78. The van der Waals surface area contributed by atoms with Crippen LogP contribution in [0.4, 0.5) is 0 Å². The Hall–Kier alpha value is -0.910. The smallest absolute Gasteiger partial charge is 0.193 e. The van der Waals surface area contributed by atoms with Gasteiger partial charge in [0.15, 0.2) is 4.96 Å². The van der Waals surface area contributed by atoms with Gasteiger partial charge in [-0.05, 0) is 13.3 Å². The maximum Gasteiger partial charge on any atom is 0.193 e. The Morgan fingerprint density at radius 2 is 2.59 bits per heavy atom. The second-order valence-corrected chi connectivity index (χ2v) is 5.70. The van der Waals surface area contributed by atoms with Crippen molar-refractivity contribution in [2.24, 2.45) is 11.1 Å². The van der Waals surface area contributed by atoms with Gasteiger partial charge in [-0.15, -0.1) is 11.3 Å². The van der Waals surface area contributed by atoms with Gasteiger partial charge in [-0.2, -0.15) is 0 Å². The first-order valence-electron chi connectivity index (χ1n) is 5.96. The lowest BCUT2D eigenvalue weighted by Gasteiger charge is -2.29. The average Bonchev–Trinajstić information content (AvgIpc) is 2.95. The highest BCUT2D eigenvalue weighted by molar-refractivity contribution is 7.15. The summed E-state index contributed by atoms with van der Waals surface area (Å²) in [6.45, 7) is 3.61. The Bertz CT molecular complexity index is 492. The summed E-state index contributed by atoms with van der Waals surface area (Å²) in [6, 6.07) is 0. The highest BCUT2D eigenvalue weighted by Gasteiger charge is 2.40. The van der Waals surface area contributed by atoms with Crippen molar-refractivity contribution < 1.29 is 4.74 Å². The molecule has 3 heterocycles. The van der Waals surface area contributed by atoms with Crippen molar-refractivity contribution in [1.29, 1.82) is 0 Å². The summed E-state index contributed by atoms with van der Waals surface area (Å²) < 4.78 is 7.75. The van der Waals surface area contributed by atoms with Gasteiger partial charge in [0.25, 0.3) is 0 Å². The number of fused-ring (bicyclic) bond motifs is 1. The molecule has 1 aliphatic rings. The number of aromatic nitrogens is 2. The fourth-order valence-corrected chi connectivity index (χ4v) is 3.33. The van der Waals surface area contributed by atoms with Crippen molar-refractivity contribution >= 4 is 16.3 Å². The van der Waals surface area contributed by atoms with Gasteiger partial charge >= 0.3 is 0 Å². The van der Waals surface area contributed by atoms with E-state index < -0.39 is 0 Å². The Kier molecular flexibility index (Phi) is 2.69. The molecule has 0 amide bonds. The summed E-state index contributed by atoms with van der Waals surface area (Å²) in [5.41, 5.74) is 7.16. The van der Waals surface area contributed by atoms with Gasteiger partial charge in [0.1, 0.15) is 0 Å². The normalized spacial score (nSPS) is 29.2. The van der Waals surface area contributed by atoms with Gasteiger partial charge in [-0.25, -0.2) is 4.98 Å². The summed E-state index contributed by atoms with van der Waals surface area (Å²) in [5.74, 6) is 0. The van der Waals surface area contributed by atoms with Gasteiger partial charge in [0.05, 0.1) is 11.8 Å². The molecule has 0 aromatic carbocycles. The van der Waals surface area contributed by atoms with E-state index in [1.807, 2.05) is 11.6 Å². The minimum absolute atomic E-state index is 0.0734. The first-order chi connectivity index (χ1) is 8.23. The number of rotatable bonds is 3. The first-order valence-corrected chi connectivity index (χ1v) is 6.84. The number of nitrogens with two attached hydrogens (primary N) is 1. The summed E-state index contributed by atoms with van der Waals surface area (Å²) in [6.07, 6.45) is 6.33. The predicted octanol–water partition coefficient (Wildman–Crippen LogP) is 1.69. The molecule has 0 aliphatic carbocycles. The van der Waals surface area contributed by atoms with E-state index in [4.69, 9.17) is 10.5 Å². The molecule has 2 atom stereocenters. The molecule has 2 unspecified atom stereocenters. The molecule has 5 heteroatoms. The van der Waals surface area contributed by atoms with Crippen LogP contribution in [0, 0.1) is 5.41 Å². The molecule has 92 valence electrons. The minimum Gasteiger partial charge on any atom is -0.378 e. The van der Waals surface area contributed by atoms with Crippen molar-refractivity contribution in [3.63, 3.8) is 0 Å². The van der Waals surface area contributed by atoms with E-state index in [-0.39, 0.29) is 11.5 Å². The Morgan fingerprint density at radius 3 is 3.24 bits per heavy atom. The maximum atomic E-state index is 5.96. The second kappa shape index (κ2) is 4.08. The van der Waals surface area contributed by atoms with E-state index in [0.717, 1.165) is 30.1 Å². The molecule has 2 N–H and O–H groups in total. The van der Waals surface area contributed by atoms with E-state index in [2.05, 4.69) is 22.5 Å². The molecule has 1 fully saturated rings. The lowest BCUT2D eigenvalue weighted by Crippen LogP contribution is -2.38. The number of thiazole rings is 1. The zero-order valence-electron chi connectivity index (χ0n) is 9.93. The van der Waals surface area contributed by atoms with E-state index in [0.29, 0.717) is 6.54 Å². The molecule has 0 spiro atoms. The van der Waals surface area contributed by atoms with E-state index in [1.54, 1.807) is 11.3 Å². The van der Waals surface area contributed by atoms with Crippen LogP contribution in [0.2, 0.25) is 0 Å². The van der Waals surface area contributed by atoms with Crippen LogP contribution < -0.4 is 5.73 Å². The van der Waals surface area contributed by atoms with E-state index >= 15 is 0 Å². The van der Waals surface area contributed by atoms with Crippen LogP contribution in [0.5, 0.6) is 0 Å². The molecular weight excluding hydrogens is 234 g/mol. The van der Waals surface area contributed by atoms with E-state index in [1.165, 1.54) is 0 Å². The average molecular weight is 251 g/mol. The fraction of sp³-hybridized carbons (Fsp3) is 0.583. The quantitative estimate of drug-likeness (QED) is 0.903. The van der Waals surface area contributed by atoms with Gasteiger partial charge in [-0.3, -0.25) is 4.40 Å². The topological polar surface area (TPSA) is 52.5 Å². The Balaban J connectivity index is 1.88. The monoisotopic (exact) mass is 251 g/mol. The molecule has 1 saturated heterocycles. The number of hydrogen-bond acceptors (Lipinski definition) is 4. The molecule has 17 heavy (non-hydrogen) atoms. The third-order valence-corrected chi connectivity index (χ3v) is 4.68. The van der Waals surface area contributed by atoms with Crippen LogP contribution in [-0.2, 0) is 11.2 Å². The largest absolute Gasteiger partial charge is 0.378 e. The lowest BCUT2D eigenvalue weighted by molar-refractivity contribution is 0.0669.